The van der Waals surface area contributed by atoms with Crippen LogP contribution in [0.3, 0.4) is 0 Å². The SMILES string of the molecule is COc1ccc(CCN(C(=O)CCC(=O)O)[C@@H]2CC(=O)N(c3ccc(F)cc3)C2=O)cc1OC. The highest BCUT2D eigenvalue weighted by molar-refractivity contribution is 6.23. The lowest BCUT2D eigenvalue weighted by atomic mass is 10.1. The fraction of sp³-hybridized carbons (Fsp3) is 0.333. The Morgan fingerprint density at radius 2 is 1.74 bits per heavy atom. The van der Waals surface area contributed by atoms with Crippen molar-refractivity contribution in [3.8, 4) is 11.5 Å². The lowest BCUT2D eigenvalue weighted by Gasteiger charge is -2.28. The Bertz CT molecular complexity index is 1090. The molecule has 0 aromatic heterocycles. The van der Waals surface area contributed by atoms with Crippen LogP contribution >= 0.6 is 0 Å². The number of benzene rings is 2. The number of nitrogens with zero attached hydrogens (tertiary/aromatic N) is 2. The molecule has 1 heterocycles. The zero-order valence-corrected chi connectivity index (χ0v) is 18.8. The number of imide groups is 1. The maximum atomic E-state index is 13.3. The van der Waals surface area contributed by atoms with Crippen molar-refractivity contribution in [1.29, 1.82) is 0 Å². The number of hydrogen-bond donors (Lipinski definition) is 1. The normalized spacial score (nSPS) is 15.4. The fourth-order valence-corrected chi connectivity index (χ4v) is 3.82. The number of rotatable bonds is 10. The number of carbonyl (C=O) groups excluding carboxylic acids is 3. The summed E-state index contributed by atoms with van der Waals surface area (Å²) in [5, 5.41) is 8.98. The lowest BCUT2D eigenvalue weighted by molar-refractivity contribution is -0.143. The molecule has 1 aliphatic rings. The molecule has 180 valence electrons. The van der Waals surface area contributed by atoms with Crippen molar-refractivity contribution in [2.75, 3.05) is 25.7 Å². The first kappa shape index (κ1) is 24.7. The summed E-state index contributed by atoms with van der Waals surface area (Å²) in [5.41, 5.74) is 0.998. The molecule has 10 heteroatoms. The van der Waals surface area contributed by atoms with E-state index in [0.717, 1.165) is 22.6 Å². The van der Waals surface area contributed by atoms with E-state index in [2.05, 4.69) is 0 Å². The van der Waals surface area contributed by atoms with Crippen molar-refractivity contribution in [2.24, 2.45) is 0 Å². The highest BCUT2D eigenvalue weighted by Crippen LogP contribution is 2.29. The standard InChI is InChI=1S/C24H25FN2O7/c1-33-19-8-3-15(13-20(19)34-2)11-12-26(21(28)9-10-23(30)31)18-14-22(29)27(24(18)32)17-6-4-16(25)5-7-17/h3-8,13,18H,9-12,14H2,1-2H3,(H,30,31)/t18-/m1/s1. The van der Waals surface area contributed by atoms with Crippen LogP contribution in [-0.4, -0.2) is 60.5 Å². The molecular formula is C24H25FN2O7. The number of anilines is 1. The second-order valence-electron chi connectivity index (χ2n) is 7.68. The van der Waals surface area contributed by atoms with Crippen molar-refractivity contribution in [1.82, 2.24) is 4.90 Å². The van der Waals surface area contributed by atoms with Crippen LogP contribution < -0.4 is 14.4 Å². The van der Waals surface area contributed by atoms with Gasteiger partial charge in [0.15, 0.2) is 11.5 Å². The molecular weight excluding hydrogens is 447 g/mol. The summed E-state index contributed by atoms with van der Waals surface area (Å²) in [5.74, 6) is -2.31. The van der Waals surface area contributed by atoms with Gasteiger partial charge in [-0.1, -0.05) is 6.07 Å². The number of carboxylic acid groups (broad SMARTS) is 1. The topological polar surface area (TPSA) is 113 Å². The van der Waals surface area contributed by atoms with Crippen LogP contribution in [-0.2, 0) is 25.6 Å². The molecule has 0 aliphatic carbocycles. The first-order chi connectivity index (χ1) is 16.2. The Hall–Kier alpha value is -3.95. The van der Waals surface area contributed by atoms with Gasteiger partial charge < -0.3 is 19.5 Å². The lowest BCUT2D eigenvalue weighted by Crippen LogP contribution is -2.46. The first-order valence-corrected chi connectivity index (χ1v) is 10.6. The van der Waals surface area contributed by atoms with Crippen LogP contribution in [0.25, 0.3) is 0 Å². The summed E-state index contributed by atoms with van der Waals surface area (Å²) in [4.78, 5) is 51.9. The van der Waals surface area contributed by atoms with Gasteiger partial charge in [0.1, 0.15) is 11.9 Å². The number of amides is 3. The molecule has 1 atom stereocenters. The summed E-state index contributed by atoms with van der Waals surface area (Å²) in [6.45, 7) is 0.0783. The number of carbonyl (C=O) groups is 4. The summed E-state index contributed by atoms with van der Waals surface area (Å²) in [6, 6.07) is 9.05. The van der Waals surface area contributed by atoms with E-state index >= 15 is 0 Å². The van der Waals surface area contributed by atoms with E-state index in [1.165, 1.54) is 31.3 Å². The molecule has 2 aromatic rings. The maximum absolute atomic E-state index is 13.3. The van der Waals surface area contributed by atoms with Crippen LogP contribution in [0.1, 0.15) is 24.8 Å². The largest absolute Gasteiger partial charge is 0.493 e. The zero-order chi connectivity index (χ0) is 24.8. The molecule has 0 radical (unpaired) electrons. The molecule has 2 aromatic carbocycles. The number of carboxylic acids is 1. The summed E-state index contributed by atoms with van der Waals surface area (Å²) in [7, 11) is 3.01. The molecule has 1 fully saturated rings. The van der Waals surface area contributed by atoms with Gasteiger partial charge in [0.25, 0.3) is 5.91 Å². The van der Waals surface area contributed by atoms with E-state index < -0.39 is 42.0 Å². The summed E-state index contributed by atoms with van der Waals surface area (Å²) < 4.78 is 23.8. The van der Waals surface area contributed by atoms with Gasteiger partial charge in [0.2, 0.25) is 11.8 Å². The third kappa shape index (κ3) is 5.51. The van der Waals surface area contributed by atoms with Crippen LogP contribution in [0, 0.1) is 5.82 Å². The van der Waals surface area contributed by atoms with E-state index in [-0.39, 0.29) is 25.1 Å². The van der Waals surface area contributed by atoms with E-state index in [1.807, 2.05) is 0 Å². The molecule has 9 nitrogen and oxygen atoms in total. The van der Waals surface area contributed by atoms with Crippen molar-refractivity contribution >= 4 is 29.4 Å². The monoisotopic (exact) mass is 472 g/mol. The predicted molar refractivity (Wildman–Crippen MR) is 119 cm³/mol. The van der Waals surface area contributed by atoms with Crippen LogP contribution in [0.2, 0.25) is 0 Å². The van der Waals surface area contributed by atoms with Crippen molar-refractivity contribution in [3.63, 3.8) is 0 Å². The van der Waals surface area contributed by atoms with Gasteiger partial charge >= 0.3 is 5.97 Å². The summed E-state index contributed by atoms with van der Waals surface area (Å²) >= 11 is 0. The minimum absolute atomic E-state index is 0.0783. The smallest absolute Gasteiger partial charge is 0.303 e. The zero-order valence-electron chi connectivity index (χ0n) is 18.8. The number of ether oxygens (including phenoxy) is 2. The molecule has 3 amide bonds. The first-order valence-electron chi connectivity index (χ1n) is 10.6. The second-order valence-corrected chi connectivity index (χ2v) is 7.68. The molecule has 3 rings (SSSR count). The van der Waals surface area contributed by atoms with Gasteiger partial charge in [0, 0.05) is 13.0 Å². The van der Waals surface area contributed by atoms with Crippen LogP contribution in [0.4, 0.5) is 10.1 Å². The molecule has 1 aliphatic heterocycles. The third-order valence-corrected chi connectivity index (χ3v) is 5.55. The predicted octanol–water partition coefficient (Wildman–Crippen LogP) is 2.41. The van der Waals surface area contributed by atoms with E-state index in [1.54, 1.807) is 18.2 Å². The maximum Gasteiger partial charge on any atom is 0.303 e. The highest BCUT2D eigenvalue weighted by Gasteiger charge is 2.44. The Balaban J connectivity index is 1.83. The highest BCUT2D eigenvalue weighted by atomic mass is 19.1. The molecule has 1 saturated heterocycles. The number of hydrogen-bond acceptors (Lipinski definition) is 6. The van der Waals surface area contributed by atoms with Gasteiger partial charge in [-0.2, -0.15) is 0 Å². The van der Waals surface area contributed by atoms with Gasteiger partial charge in [-0.25, -0.2) is 9.29 Å². The minimum Gasteiger partial charge on any atom is -0.493 e. The van der Waals surface area contributed by atoms with Crippen molar-refractivity contribution in [3.05, 3.63) is 53.8 Å². The molecule has 0 spiro atoms. The van der Waals surface area contributed by atoms with Gasteiger partial charge in [-0.15, -0.1) is 0 Å². The fourth-order valence-electron chi connectivity index (χ4n) is 3.82. The van der Waals surface area contributed by atoms with Crippen molar-refractivity contribution in [2.45, 2.75) is 31.7 Å². The molecule has 0 unspecified atom stereocenters. The van der Waals surface area contributed by atoms with E-state index in [9.17, 15) is 23.6 Å². The number of aliphatic carboxylic acids is 1. The van der Waals surface area contributed by atoms with Gasteiger partial charge in [-0.3, -0.25) is 19.2 Å². The summed E-state index contributed by atoms with van der Waals surface area (Å²) in [6.07, 6.45) is -0.632. The van der Waals surface area contributed by atoms with Crippen molar-refractivity contribution < 1.29 is 38.1 Å². The minimum atomic E-state index is -1.14. The Labute approximate surface area is 195 Å². The number of methoxy groups -OCH3 is 2. The average Bonchev–Trinajstić information content (AvgIpc) is 3.11. The second kappa shape index (κ2) is 10.8. The van der Waals surface area contributed by atoms with Crippen LogP contribution in [0.5, 0.6) is 11.5 Å². The Kier molecular flexibility index (Phi) is 7.83. The third-order valence-electron chi connectivity index (χ3n) is 5.55. The quantitative estimate of drug-likeness (QED) is 0.528. The Morgan fingerprint density at radius 1 is 1.06 bits per heavy atom. The van der Waals surface area contributed by atoms with Gasteiger partial charge in [0.05, 0.1) is 32.7 Å². The van der Waals surface area contributed by atoms with Crippen LogP contribution in [0.15, 0.2) is 42.5 Å². The Morgan fingerprint density at radius 3 is 2.35 bits per heavy atom. The van der Waals surface area contributed by atoms with E-state index in [4.69, 9.17) is 14.6 Å². The molecule has 0 saturated carbocycles. The number of halogens is 1. The molecule has 34 heavy (non-hydrogen) atoms. The van der Waals surface area contributed by atoms with E-state index in [0.29, 0.717) is 17.9 Å². The molecule has 1 N–H and O–H groups in total. The van der Waals surface area contributed by atoms with Gasteiger partial charge in [-0.05, 0) is 48.4 Å². The molecule has 0 bridgehead atoms. The average molecular weight is 472 g/mol.